The van der Waals surface area contributed by atoms with Crippen molar-refractivity contribution >= 4 is 11.8 Å². The van der Waals surface area contributed by atoms with Crippen LogP contribution in [0, 0.1) is 0 Å². The Balaban J connectivity index is 1.91. The SMILES string of the molecule is O=C1CCc2cccc(C(=O)Oc3ccccn3)c2C1. The van der Waals surface area contributed by atoms with E-state index in [4.69, 9.17) is 4.74 Å². The van der Waals surface area contributed by atoms with Crippen LogP contribution in [0.4, 0.5) is 0 Å². The highest BCUT2D eigenvalue weighted by molar-refractivity contribution is 5.95. The standard InChI is InChI=1S/C16H13NO3/c18-12-8-7-11-4-3-5-13(14(11)10-12)16(19)20-15-6-1-2-9-17-15/h1-6,9H,7-8,10H2. The Kier molecular flexibility index (Phi) is 3.29. The maximum absolute atomic E-state index is 12.2. The molecular formula is C16H13NO3. The molecule has 0 fully saturated rings. The summed E-state index contributed by atoms with van der Waals surface area (Å²) in [5, 5.41) is 0. The number of hydrogen-bond acceptors (Lipinski definition) is 4. The van der Waals surface area contributed by atoms with Gasteiger partial charge >= 0.3 is 5.97 Å². The number of aryl methyl sites for hydroxylation is 1. The lowest BCUT2D eigenvalue weighted by molar-refractivity contribution is -0.118. The van der Waals surface area contributed by atoms with Gasteiger partial charge in [-0.05, 0) is 29.7 Å². The zero-order valence-corrected chi connectivity index (χ0v) is 10.8. The molecule has 0 unspecified atom stereocenters. The number of ketones is 1. The van der Waals surface area contributed by atoms with Crippen molar-refractivity contribution < 1.29 is 14.3 Å². The average molecular weight is 267 g/mol. The number of fused-ring (bicyclic) bond motifs is 1. The van der Waals surface area contributed by atoms with E-state index in [-0.39, 0.29) is 11.7 Å². The number of carbonyl (C=O) groups excluding carboxylic acids is 2. The fourth-order valence-corrected chi connectivity index (χ4v) is 2.39. The van der Waals surface area contributed by atoms with E-state index in [0.29, 0.717) is 24.8 Å². The Labute approximate surface area is 116 Å². The first-order valence-electron chi connectivity index (χ1n) is 6.50. The van der Waals surface area contributed by atoms with E-state index in [0.717, 1.165) is 11.1 Å². The van der Waals surface area contributed by atoms with Gasteiger partial charge in [0, 0.05) is 25.1 Å². The number of aromatic nitrogens is 1. The normalized spacial score (nSPS) is 13.7. The molecule has 0 amide bonds. The Bertz CT molecular complexity index is 665. The van der Waals surface area contributed by atoms with Gasteiger partial charge in [-0.2, -0.15) is 0 Å². The van der Waals surface area contributed by atoms with Crippen LogP contribution < -0.4 is 4.74 Å². The van der Waals surface area contributed by atoms with Crippen molar-refractivity contribution in [2.75, 3.05) is 0 Å². The molecule has 20 heavy (non-hydrogen) atoms. The molecule has 3 rings (SSSR count). The Morgan fingerprint density at radius 3 is 2.80 bits per heavy atom. The van der Waals surface area contributed by atoms with Crippen molar-refractivity contribution in [1.82, 2.24) is 4.98 Å². The predicted octanol–water partition coefficient (Wildman–Crippen LogP) is 2.36. The summed E-state index contributed by atoms with van der Waals surface area (Å²) < 4.78 is 5.24. The van der Waals surface area contributed by atoms with E-state index < -0.39 is 5.97 Å². The third-order valence-electron chi connectivity index (χ3n) is 3.38. The molecule has 0 N–H and O–H groups in total. The molecule has 1 aliphatic carbocycles. The van der Waals surface area contributed by atoms with Crippen LogP contribution in [0.1, 0.15) is 27.9 Å². The summed E-state index contributed by atoms with van der Waals surface area (Å²) in [6, 6.07) is 10.6. The van der Waals surface area contributed by atoms with E-state index in [1.54, 1.807) is 30.5 Å². The van der Waals surface area contributed by atoms with Gasteiger partial charge in [-0.3, -0.25) is 4.79 Å². The molecule has 0 atom stereocenters. The largest absolute Gasteiger partial charge is 0.404 e. The fourth-order valence-electron chi connectivity index (χ4n) is 2.39. The highest BCUT2D eigenvalue weighted by Crippen LogP contribution is 2.23. The molecule has 4 heteroatoms. The summed E-state index contributed by atoms with van der Waals surface area (Å²) in [5.41, 5.74) is 2.31. The van der Waals surface area contributed by atoms with E-state index in [1.807, 2.05) is 12.1 Å². The summed E-state index contributed by atoms with van der Waals surface area (Å²) in [6.07, 6.45) is 3.11. The van der Waals surface area contributed by atoms with Crippen LogP contribution in [-0.2, 0) is 17.6 Å². The molecule has 0 saturated heterocycles. The summed E-state index contributed by atoms with van der Waals surface area (Å²) >= 11 is 0. The van der Waals surface area contributed by atoms with Crippen molar-refractivity contribution in [2.24, 2.45) is 0 Å². The van der Waals surface area contributed by atoms with Crippen LogP contribution in [0.25, 0.3) is 0 Å². The van der Waals surface area contributed by atoms with Gasteiger partial charge in [0.05, 0.1) is 5.56 Å². The second-order valence-corrected chi connectivity index (χ2v) is 4.72. The van der Waals surface area contributed by atoms with E-state index >= 15 is 0 Å². The third-order valence-corrected chi connectivity index (χ3v) is 3.38. The second kappa shape index (κ2) is 5.25. The van der Waals surface area contributed by atoms with Crippen molar-refractivity contribution in [2.45, 2.75) is 19.3 Å². The summed E-state index contributed by atoms with van der Waals surface area (Å²) in [5.74, 6) is -0.0388. The van der Waals surface area contributed by atoms with Gasteiger partial charge in [0.15, 0.2) is 0 Å². The predicted molar refractivity (Wildman–Crippen MR) is 72.7 cm³/mol. The zero-order chi connectivity index (χ0) is 13.9. The monoisotopic (exact) mass is 267 g/mol. The number of esters is 1. The highest BCUT2D eigenvalue weighted by atomic mass is 16.5. The topological polar surface area (TPSA) is 56.3 Å². The van der Waals surface area contributed by atoms with Gasteiger partial charge in [0.2, 0.25) is 5.88 Å². The molecule has 2 aromatic rings. The lowest BCUT2D eigenvalue weighted by Crippen LogP contribution is -2.19. The van der Waals surface area contributed by atoms with Crippen molar-refractivity contribution in [3.8, 4) is 5.88 Å². The minimum atomic E-state index is -0.463. The maximum atomic E-state index is 12.2. The van der Waals surface area contributed by atoms with Crippen LogP contribution in [0.2, 0.25) is 0 Å². The number of pyridine rings is 1. The Morgan fingerprint density at radius 2 is 2.00 bits per heavy atom. The first kappa shape index (κ1) is 12.5. The number of carbonyl (C=O) groups is 2. The van der Waals surface area contributed by atoms with Crippen LogP contribution in [0.3, 0.4) is 0 Å². The smallest absolute Gasteiger partial charge is 0.345 e. The van der Waals surface area contributed by atoms with Crippen molar-refractivity contribution in [3.63, 3.8) is 0 Å². The number of ether oxygens (including phenoxy) is 1. The van der Waals surface area contributed by atoms with Gasteiger partial charge < -0.3 is 4.74 Å². The molecule has 1 aromatic carbocycles. The minimum absolute atomic E-state index is 0.163. The van der Waals surface area contributed by atoms with Crippen LogP contribution in [0.5, 0.6) is 5.88 Å². The quantitative estimate of drug-likeness (QED) is 0.784. The number of nitrogens with zero attached hydrogens (tertiary/aromatic N) is 1. The lowest BCUT2D eigenvalue weighted by Gasteiger charge is -2.17. The molecule has 1 aromatic heterocycles. The van der Waals surface area contributed by atoms with Crippen molar-refractivity contribution in [1.29, 1.82) is 0 Å². The summed E-state index contributed by atoms with van der Waals surface area (Å²) in [7, 11) is 0. The first-order valence-corrected chi connectivity index (χ1v) is 6.50. The van der Waals surface area contributed by atoms with Crippen molar-refractivity contribution in [3.05, 3.63) is 59.3 Å². The third kappa shape index (κ3) is 2.45. The van der Waals surface area contributed by atoms with Gasteiger partial charge in [-0.1, -0.05) is 18.2 Å². The number of Topliss-reactive ketones (excluding diaryl/α,β-unsaturated/α-hetero) is 1. The van der Waals surface area contributed by atoms with Crippen LogP contribution in [0.15, 0.2) is 42.6 Å². The van der Waals surface area contributed by atoms with E-state index in [1.165, 1.54) is 0 Å². The van der Waals surface area contributed by atoms with Gasteiger partial charge in [-0.15, -0.1) is 0 Å². The molecule has 0 bridgehead atoms. The number of hydrogen-bond donors (Lipinski definition) is 0. The maximum Gasteiger partial charge on any atom is 0.345 e. The molecule has 4 nitrogen and oxygen atoms in total. The average Bonchev–Trinajstić information content (AvgIpc) is 2.47. The van der Waals surface area contributed by atoms with E-state index in [2.05, 4.69) is 4.98 Å². The molecular weight excluding hydrogens is 254 g/mol. The summed E-state index contributed by atoms with van der Waals surface area (Å²) in [6.45, 7) is 0. The molecule has 0 spiro atoms. The Morgan fingerprint density at radius 1 is 1.10 bits per heavy atom. The minimum Gasteiger partial charge on any atom is -0.404 e. The highest BCUT2D eigenvalue weighted by Gasteiger charge is 2.22. The zero-order valence-electron chi connectivity index (χ0n) is 10.8. The lowest BCUT2D eigenvalue weighted by atomic mass is 9.87. The van der Waals surface area contributed by atoms with Gasteiger partial charge in [0.1, 0.15) is 5.78 Å². The summed E-state index contributed by atoms with van der Waals surface area (Å²) in [4.78, 5) is 27.8. The molecule has 0 radical (unpaired) electrons. The number of benzene rings is 1. The van der Waals surface area contributed by atoms with Gasteiger partial charge in [-0.25, -0.2) is 9.78 Å². The van der Waals surface area contributed by atoms with Crippen LogP contribution in [-0.4, -0.2) is 16.7 Å². The molecule has 0 aliphatic heterocycles. The van der Waals surface area contributed by atoms with Crippen LogP contribution >= 0.6 is 0 Å². The van der Waals surface area contributed by atoms with E-state index in [9.17, 15) is 9.59 Å². The first-order chi connectivity index (χ1) is 9.74. The number of rotatable bonds is 2. The molecule has 100 valence electrons. The second-order valence-electron chi connectivity index (χ2n) is 4.72. The molecule has 1 heterocycles. The molecule has 0 saturated carbocycles. The molecule has 1 aliphatic rings. The van der Waals surface area contributed by atoms with Gasteiger partial charge in [0.25, 0.3) is 0 Å². The Hall–Kier alpha value is -2.49. The fraction of sp³-hybridized carbons (Fsp3) is 0.188.